The number of hydrogen-bond donors (Lipinski definition) is 2. The molecule has 2 amide bonds. The summed E-state index contributed by atoms with van der Waals surface area (Å²) in [5.74, 6) is -0.823. The maximum absolute atomic E-state index is 11.6. The molecule has 0 saturated heterocycles. The summed E-state index contributed by atoms with van der Waals surface area (Å²) in [6, 6.07) is 8.83. The fourth-order valence-electron chi connectivity index (χ4n) is 1.64. The molecule has 1 aromatic rings. The summed E-state index contributed by atoms with van der Waals surface area (Å²) in [7, 11) is 1.28. The van der Waals surface area contributed by atoms with E-state index in [0.717, 1.165) is 5.56 Å². The average Bonchev–Trinajstić information content (AvgIpc) is 2.51. The molecule has 7 nitrogen and oxygen atoms in total. The van der Waals surface area contributed by atoms with Crippen LogP contribution in [-0.4, -0.2) is 37.7 Å². The van der Waals surface area contributed by atoms with Crippen LogP contribution in [0.25, 0.3) is 0 Å². The number of nitrogens with one attached hydrogen (secondary N) is 2. The van der Waals surface area contributed by atoms with E-state index in [1.165, 1.54) is 7.11 Å². The molecule has 0 heterocycles. The van der Waals surface area contributed by atoms with Gasteiger partial charge in [0.25, 0.3) is 0 Å². The van der Waals surface area contributed by atoms with Gasteiger partial charge in [-0.25, -0.2) is 4.79 Å². The van der Waals surface area contributed by atoms with Gasteiger partial charge in [0.05, 0.1) is 13.5 Å². The molecule has 0 aliphatic carbocycles. The molecule has 1 aromatic carbocycles. The Labute approximate surface area is 129 Å². The number of carbonyl (C=O) groups is 3. The highest BCUT2D eigenvalue weighted by atomic mass is 16.5. The van der Waals surface area contributed by atoms with Crippen molar-refractivity contribution in [3.8, 4) is 0 Å². The first-order valence-corrected chi connectivity index (χ1v) is 6.82. The lowest BCUT2D eigenvalue weighted by Crippen LogP contribution is -2.41. The van der Waals surface area contributed by atoms with Crippen LogP contribution in [0.2, 0.25) is 0 Å². The third-order valence-corrected chi connectivity index (χ3v) is 2.71. The van der Waals surface area contributed by atoms with Gasteiger partial charge in [-0.15, -0.1) is 0 Å². The molecule has 1 unspecified atom stereocenters. The van der Waals surface area contributed by atoms with Crippen molar-refractivity contribution in [1.29, 1.82) is 0 Å². The first kappa shape index (κ1) is 17.5. The number of alkyl carbamates (subject to hydrolysis) is 1. The Morgan fingerprint density at radius 2 is 1.86 bits per heavy atom. The molecule has 22 heavy (non-hydrogen) atoms. The van der Waals surface area contributed by atoms with Crippen molar-refractivity contribution in [3.05, 3.63) is 35.9 Å². The third kappa shape index (κ3) is 7.28. The minimum absolute atomic E-state index is 0.0701. The van der Waals surface area contributed by atoms with Crippen molar-refractivity contribution in [1.82, 2.24) is 10.6 Å². The summed E-state index contributed by atoms with van der Waals surface area (Å²) in [6.45, 7) is 1.58. The number of hydrogen-bond acceptors (Lipinski definition) is 5. The zero-order valence-corrected chi connectivity index (χ0v) is 12.6. The van der Waals surface area contributed by atoms with Crippen molar-refractivity contribution in [2.75, 3.05) is 13.7 Å². The number of amides is 2. The summed E-state index contributed by atoms with van der Waals surface area (Å²) in [5.41, 5.74) is 0.855. The predicted molar refractivity (Wildman–Crippen MR) is 78.9 cm³/mol. The molecule has 0 fully saturated rings. The highest BCUT2D eigenvalue weighted by molar-refractivity contribution is 5.82. The number of benzene rings is 1. The van der Waals surface area contributed by atoms with Gasteiger partial charge in [0.1, 0.15) is 13.2 Å². The SMILES string of the molecule is COC(=O)CC(C)NC(=O)CNC(=O)OCc1ccccc1. The molecular weight excluding hydrogens is 288 g/mol. The van der Waals surface area contributed by atoms with Gasteiger partial charge in [0.15, 0.2) is 0 Å². The van der Waals surface area contributed by atoms with Crippen LogP contribution >= 0.6 is 0 Å². The fourth-order valence-corrected chi connectivity index (χ4v) is 1.64. The lowest BCUT2D eigenvalue weighted by molar-refractivity contribution is -0.141. The number of methoxy groups -OCH3 is 1. The Kier molecular flexibility index (Phi) is 7.45. The topological polar surface area (TPSA) is 93.7 Å². The normalized spacial score (nSPS) is 11.2. The summed E-state index contributed by atoms with van der Waals surface area (Å²) >= 11 is 0. The van der Waals surface area contributed by atoms with Crippen molar-refractivity contribution < 1.29 is 23.9 Å². The first-order valence-electron chi connectivity index (χ1n) is 6.82. The fraction of sp³-hybridized carbons (Fsp3) is 0.400. The molecule has 120 valence electrons. The van der Waals surface area contributed by atoms with Crippen molar-refractivity contribution in [2.24, 2.45) is 0 Å². The van der Waals surface area contributed by atoms with E-state index in [-0.39, 0.29) is 25.6 Å². The van der Waals surface area contributed by atoms with Gasteiger partial charge in [0, 0.05) is 6.04 Å². The van der Waals surface area contributed by atoms with Crippen molar-refractivity contribution in [3.63, 3.8) is 0 Å². The van der Waals surface area contributed by atoms with Crippen LogP contribution in [0.1, 0.15) is 18.9 Å². The maximum atomic E-state index is 11.6. The standard InChI is InChI=1S/C15H20N2O5/c1-11(8-14(19)21-2)17-13(18)9-16-15(20)22-10-12-6-4-3-5-7-12/h3-7,11H,8-10H2,1-2H3,(H,16,20)(H,17,18). The van der Waals surface area contributed by atoms with Crippen LogP contribution in [0, 0.1) is 0 Å². The molecule has 0 saturated carbocycles. The molecule has 0 aliphatic rings. The van der Waals surface area contributed by atoms with E-state index in [9.17, 15) is 14.4 Å². The molecule has 1 atom stereocenters. The molecule has 7 heteroatoms. The van der Waals surface area contributed by atoms with Gasteiger partial charge in [-0.1, -0.05) is 30.3 Å². The number of esters is 1. The lowest BCUT2D eigenvalue weighted by atomic mass is 10.2. The monoisotopic (exact) mass is 308 g/mol. The van der Waals surface area contributed by atoms with E-state index >= 15 is 0 Å². The van der Waals surface area contributed by atoms with E-state index in [2.05, 4.69) is 15.4 Å². The average molecular weight is 308 g/mol. The van der Waals surface area contributed by atoms with E-state index in [0.29, 0.717) is 0 Å². The highest BCUT2D eigenvalue weighted by Crippen LogP contribution is 2.00. The smallest absolute Gasteiger partial charge is 0.407 e. The largest absolute Gasteiger partial charge is 0.469 e. The van der Waals surface area contributed by atoms with Gasteiger partial charge >= 0.3 is 12.1 Å². The Balaban J connectivity index is 2.20. The lowest BCUT2D eigenvalue weighted by Gasteiger charge is -2.13. The van der Waals surface area contributed by atoms with Crippen LogP contribution in [0.5, 0.6) is 0 Å². The van der Waals surface area contributed by atoms with E-state index < -0.39 is 18.0 Å². The Morgan fingerprint density at radius 1 is 1.18 bits per heavy atom. The van der Waals surface area contributed by atoms with Crippen LogP contribution < -0.4 is 10.6 Å². The number of rotatable bonds is 7. The number of carbonyl (C=O) groups excluding carboxylic acids is 3. The molecule has 0 aliphatic heterocycles. The Morgan fingerprint density at radius 3 is 2.50 bits per heavy atom. The van der Waals surface area contributed by atoms with Crippen LogP contribution in [0.3, 0.4) is 0 Å². The van der Waals surface area contributed by atoms with Crippen molar-refractivity contribution >= 4 is 18.0 Å². The molecule has 0 aromatic heterocycles. The van der Waals surface area contributed by atoms with E-state index in [1.54, 1.807) is 6.92 Å². The van der Waals surface area contributed by atoms with Crippen LogP contribution in [0.15, 0.2) is 30.3 Å². The maximum Gasteiger partial charge on any atom is 0.407 e. The van der Waals surface area contributed by atoms with Gasteiger partial charge < -0.3 is 20.1 Å². The van der Waals surface area contributed by atoms with Crippen molar-refractivity contribution in [2.45, 2.75) is 26.0 Å². The minimum Gasteiger partial charge on any atom is -0.469 e. The third-order valence-electron chi connectivity index (χ3n) is 2.71. The second kappa shape index (κ2) is 9.38. The molecule has 0 radical (unpaired) electrons. The second-order valence-corrected chi connectivity index (χ2v) is 4.66. The second-order valence-electron chi connectivity index (χ2n) is 4.66. The summed E-state index contributed by atoms with van der Waals surface area (Å²) in [6.07, 6.45) is -0.611. The summed E-state index contributed by atoms with van der Waals surface area (Å²) in [4.78, 5) is 34.0. The first-order chi connectivity index (χ1) is 10.5. The van der Waals surface area contributed by atoms with Gasteiger partial charge in [0.2, 0.25) is 5.91 Å². The van der Waals surface area contributed by atoms with Crippen LogP contribution in [0.4, 0.5) is 4.79 Å². The summed E-state index contributed by atoms with van der Waals surface area (Å²) < 4.78 is 9.46. The minimum atomic E-state index is -0.681. The van der Waals surface area contributed by atoms with E-state index in [1.807, 2.05) is 30.3 Å². The van der Waals surface area contributed by atoms with Gasteiger partial charge in [-0.3, -0.25) is 9.59 Å². The molecule has 1 rings (SSSR count). The quantitative estimate of drug-likeness (QED) is 0.732. The highest BCUT2D eigenvalue weighted by Gasteiger charge is 2.13. The molecular formula is C15H20N2O5. The summed E-state index contributed by atoms with van der Waals surface area (Å²) in [5, 5.41) is 4.90. The zero-order chi connectivity index (χ0) is 16.4. The number of ether oxygens (including phenoxy) is 2. The van der Waals surface area contributed by atoms with E-state index in [4.69, 9.17) is 4.74 Å². The van der Waals surface area contributed by atoms with Crippen LogP contribution in [-0.2, 0) is 25.7 Å². The Bertz CT molecular complexity index is 504. The van der Waals surface area contributed by atoms with Gasteiger partial charge in [-0.2, -0.15) is 0 Å². The van der Waals surface area contributed by atoms with Gasteiger partial charge in [-0.05, 0) is 12.5 Å². The Hall–Kier alpha value is -2.57. The molecule has 0 spiro atoms. The zero-order valence-electron chi connectivity index (χ0n) is 12.6. The molecule has 0 bridgehead atoms. The molecule has 2 N–H and O–H groups in total. The predicted octanol–water partition coefficient (Wildman–Crippen LogP) is 0.981.